The summed E-state index contributed by atoms with van der Waals surface area (Å²) in [5, 5.41) is 2.81. The molecule has 0 aliphatic heterocycles. The minimum atomic E-state index is -3.92. The molecule has 3 aromatic carbocycles. The van der Waals surface area contributed by atoms with Crippen LogP contribution in [0.25, 0.3) is 0 Å². The van der Waals surface area contributed by atoms with E-state index in [-0.39, 0.29) is 11.3 Å². The summed E-state index contributed by atoms with van der Waals surface area (Å²) in [4.78, 5) is 13.0. The largest absolute Gasteiger partial charge is 0.497 e. The number of anilines is 1. The predicted octanol–water partition coefficient (Wildman–Crippen LogP) is 3.53. The van der Waals surface area contributed by atoms with E-state index in [9.17, 15) is 13.2 Å². The van der Waals surface area contributed by atoms with Gasteiger partial charge in [-0.3, -0.25) is 4.79 Å². The first kappa shape index (κ1) is 21.5. The smallest absolute Gasteiger partial charge is 0.242 e. The van der Waals surface area contributed by atoms with E-state index in [4.69, 9.17) is 4.74 Å². The van der Waals surface area contributed by atoms with Gasteiger partial charge in [0.15, 0.2) is 0 Å². The van der Waals surface area contributed by atoms with Crippen molar-refractivity contribution in [2.75, 3.05) is 12.4 Å². The second kappa shape index (κ2) is 9.56. The standard InChI is InChI=1S/C23H24N2O4S/c1-17-7-6-10-19(15-17)24-23(26)22(16-18-8-4-3-5-9-18)25-30(27,28)21-13-11-20(29-2)12-14-21/h3-15,22,25H,16H2,1-2H3,(H,24,26). The normalized spacial score (nSPS) is 12.2. The number of benzene rings is 3. The maximum atomic E-state index is 13.0. The third-order valence-corrected chi connectivity index (χ3v) is 6.04. The first-order valence-corrected chi connectivity index (χ1v) is 10.9. The van der Waals surface area contributed by atoms with Crippen LogP contribution in [-0.4, -0.2) is 27.5 Å². The minimum absolute atomic E-state index is 0.0599. The van der Waals surface area contributed by atoms with Gasteiger partial charge in [0, 0.05) is 5.69 Å². The molecular formula is C23H24N2O4S. The van der Waals surface area contributed by atoms with Gasteiger partial charge in [-0.25, -0.2) is 8.42 Å². The Bertz CT molecular complexity index is 1100. The molecule has 0 aliphatic carbocycles. The van der Waals surface area contributed by atoms with Crippen molar-refractivity contribution in [1.82, 2.24) is 4.72 Å². The number of hydrogen-bond acceptors (Lipinski definition) is 4. The molecule has 3 rings (SSSR count). The van der Waals surface area contributed by atoms with Crippen molar-refractivity contribution < 1.29 is 17.9 Å². The molecule has 156 valence electrons. The fourth-order valence-corrected chi connectivity index (χ4v) is 4.20. The minimum Gasteiger partial charge on any atom is -0.497 e. The number of amides is 1. The summed E-state index contributed by atoms with van der Waals surface area (Å²) in [5.41, 5.74) is 2.45. The molecule has 6 nitrogen and oxygen atoms in total. The summed E-state index contributed by atoms with van der Waals surface area (Å²) >= 11 is 0. The van der Waals surface area contributed by atoms with Crippen molar-refractivity contribution in [3.05, 3.63) is 90.0 Å². The van der Waals surface area contributed by atoms with Gasteiger partial charge in [-0.2, -0.15) is 4.72 Å². The predicted molar refractivity (Wildman–Crippen MR) is 117 cm³/mol. The van der Waals surface area contributed by atoms with Crippen LogP contribution in [0.5, 0.6) is 5.75 Å². The van der Waals surface area contributed by atoms with Crippen molar-refractivity contribution in [2.24, 2.45) is 0 Å². The SMILES string of the molecule is COc1ccc(S(=O)(=O)NC(Cc2ccccc2)C(=O)Nc2cccc(C)c2)cc1. The lowest BCUT2D eigenvalue weighted by Gasteiger charge is -2.19. The first-order valence-electron chi connectivity index (χ1n) is 9.45. The number of nitrogens with one attached hydrogen (secondary N) is 2. The van der Waals surface area contributed by atoms with Crippen LogP contribution in [-0.2, 0) is 21.2 Å². The zero-order valence-electron chi connectivity index (χ0n) is 16.8. The number of methoxy groups -OCH3 is 1. The summed E-state index contributed by atoms with van der Waals surface area (Å²) in [6.07, 6.45) is 0.216. The second-order valence-corrected chi connectivity index (χ2v) is 8.61. The van der Waals surface area contributed by atoms with Crippen molar-refractivity contribution in [3.8, 4) is 5.75 Å². The van der Waals surface area contributed by atoms with Crippen molar-refractivity contribution in [2.45, 2.75) is 24.3 Å². The maximum Gasteiger partial charge on any atom is 0.242 e. The Morgan fingerprint density at radius 1 is 0.967 bits per heavy atom. The van der Waals surface area contributed by atoms with E-state index >= 15 is 0 Å². The Morgan fingerprint density at radius 3 is 2.30 bits per heavy atom. The number of carbonyl (C=O) groups excluding carboxylic acids is 1. The van der Waals surface area contributed by atoms with Gasteiger partial charge in [0.2, 0.25) is 15.9 Å². The quantitative estimate of drug-likeness (QED) is 0.579. The summed E-state index contributed by atoms with van der Waals surface area (Å²) in [5.74, 6) is 0.119. The number of aryl methyl sites for hydroxylation is 1. The second-order valence-electron chi connectivity index (χ2n) is 6.90. The molecular weight excluding hydrogens is 400 g/mol. The van der Waals surface area contributed by atoms with Gasteiger partial charge in [-0.15, -0.1) is 0 Å². The molecule has 1 atom stereocenters. The van der Waals surface area contributed by atoms with E-state index in [0.717, 1.165) is 11.1 Å². The number of sulfonamides is 1. The molecule has 30 heavy (non-hydrogen) atoms. The highest BCUT2D eigenvalue weighted by Gasteiger charge is 2.26. The average Bonchev–Trinajstić information content (AvgIpc) is 2.74. The van der Waals surface area contributed by atoms with Gasteiger partial charge in [0.1, 0.15) is 11.8 Å². The van der Waals surface area contributed by atoms with Crippen LogP contribution < -0.4 is 14.8 Å². The molecule has 2 N–H and O–H groups in total. The molecule has 0 heterocycles. The molecule has 0 aromatic heterocycles. The number of carbonyl (C=O) groups is 1. The van der Waals surface area contributed by atoms with Gasteiger partial charge < -0.3 is 10.1 Å². The Hall–Kier alpha value is -3.16. The Morgan fingerprint density at radius 2 is 1.67 bits per heavy atom. The summed E-state index contributed by atoms with van der Waals surface area (Å²) in [6.45, 7) is 1.92. The van der Waals surface area contributed by atoms with Crippen LogP contribution in [0.15, 0.2) is 83.8 Å². The molecule has 0 fully saturated rings. The van der Waals surface area contributed by atoms with E-state index in [1.54, 1.807) is 18.2 Å². The van der Waals surface area contributed by atoms with Crippen molar-refractivity contribution in [3.63, 3.8) is 0 Å². The molecule has 0 spiro atoms. The lowest BCUT2D eigenvalue weighted by atomic mass is 10.1. The number of hydrogen-bond donors (Lipinski definition) is 2. The fourth-order valence-electron chi connectivity index (χ4n) is 3.00. The maximum absolute atomic E-state index is 13.0. The van der Waals surface area contributed by atoms with Crippen LogP contribution >= 0.6 is 0 Å². The zero-order chi connectivity index (χ0) is 21.6. The van der Waals surface area contributed by atoms with Gasteiger partial charge in [-0.05, 0) is 60.9 Å². The number of rotatable bonds is 8. The molecule has 0 radical (unpaired) electrons. The van der Waals surface area contributed by atoms with Crippen molar-refractivity contribution in [1.29, 1.82) is 0 Å². The van der Waals surface area contributed by atoms with Gasteiger partial charge in [0.25, 0.3) is 0 Å². The lowest BCUT2D eigenvalue weighted by Crippen LogP contribution is -2.45. The van der Waals surface area contributed by atoms with Crippen molar-refractivity contribution >= 4 is 21.6 Å². The van der Waals surface area contributed by atoms with Gasteiger partial charge in [-0.1, -0.05) is 42.5 Å². The molecule has 7 heteroatoms. The van der Waals surface area contributed by atoms with E-state index < -0.39 is 22.0 Å². The highest BCUT2D eigenvalue weighted by molar-refractivity contribution is 7.89. The molecule has 0 saturated carbocycles. The fraction of sp³-hybridized carbons (Fsp3) is 0.174. The average molecular weight is 425 g/mol. The Kier molecular flexibility index (Phi) is 6.87. The third kappa shape index (κ3) is 5.68. The summed E-state index contributed by atoms with van der Waals surface area (Å²) < 4.78 is 33.4. The van der Waals surface area contributed by atoms with E-state index in [0.29, 0.717) is 11.4 Å². The molecule has 1 unspecified atom stereocenters. The van der Waals surface area contributed by atoms with Crippen LogP contribution in [0, 0.1) is 6.92 Å². The molecule has 3 aromatic rings. The van der Waals surface area contributed by atoms with Crippen LogP contribution in [0.2, 0.25) is 0 Å². The molecule has 0 bridgehead atoms. The lowest BCUT2D eigenvalue weighted by molar-refractivity contribution is -0.117. The first-order chi connectivity index (χ1) is 14.4. The highest BCUT2D eigenvalue weighted by atomic mass is 32.2. The third-order valence-electron chi connectivity index (χ3n) is 4.55. The highest BCUT2D eigenvalue weighted by Crippen LogP contribution is 2.17. The number of ether oxygens (including phenoxy) is 1. The van der Waals surface area contributed by atoms with Gasteiger partial charge in [0.05, 0.1) is 12.0 Å². The Labute approximate surface area is 177 Å². The summed E-state index contributed by atoms with van der Waals surface area (Å²) in [7, 11) is -2.41. The van der Waals surface area contributed by atoms with Gasteiger partial charge >= 0.3 is 0 Å². The van der Waals surface area contributed by atoms with E-state index in [1.165, 1.54) is 19.2 Å². The van der Waals surface area contributed by atoms with Crippen LogP contribution in [0.1, 0.15) is 11.1 Å². The summed E-state index contributed by atoms with van der Waals surface area (Å²) in [6, 6.07) is 21.7. The molecule has 0 aliphatic rings. The van der Waals surface area contributed by atoms with E-state index in [1.807, 2.05) is 55.5 Å². The van der Waals surface area contributed by atoms with Crippen LogP contribution in [0.4, 0.5) is 5.69 Å². The topological polar surface area (TPSA) is 84.5 Å². The Balaban J connectivity index is 1.85. The van der Waals surface area contributed by atoms with E-state index in [2.05, 4.69) is 10.0 Å². The molecule has 1 amide bonds. The zero-order valence-corrected chi connectivity index (χ0v) is 17.6. The van der Waals surface area contributed by atoms with Crippen LogP contribution in [0.3, 0.4) is 0 Å². The monoisotopic (exact) mass is 424 g/mol. The molecule has 0 saturated heterocycles.